The van der Waals surface area contributed by atoms with Crippen molar-refractivity contribution < 1.29 is 28.6 Å². The minimum absolute atomic E-state index is 0.234. The maximum Gasteiger partial charge on any atom is 0.337 e. The van der Waals surface area contributed by atoms with Gasteiger partial charge in [-0.1, -0.05) is 12.1 Å². The highest BCUT2D eigenvalue weighted by molar-refractivity contribution is 6.01. The smallest absolute Gasteiger partial charge is 0.337 e. The Bertz CT molecular complexity index is 478. The highest BCUT2D eigenvalue weighted by Crippen LogP contribution is 2.20. The molecule has 1 rings (SSSR count). The van der Waals surface area contributed by atoms with Crippen molar-refractivity contribution >= 4 is 17.9 Å². The molecular formula is C13H14O6. The summed E-state index contributed by atoms with van der Waals surface area (Å²) < 4.78 is 13.7. The van der Waals surface area contributed by atoms with Gasteiger partial charge in [-0.05, 0) is 17.7 Å². The Labute approximate surface area is 110 Å². The summed E-state index contributed by atoms with van der Waals surface area (Å²) in [6.45, 7) is 0. The maximum absolute atomic E-state index is 11.6. The molecule has 1 aromatic rings. The van der Waals surface area contributed by atoms with Crippen molar-refractivity contribution in [2.45, 2.75) is 5.92 Å². The molecule has 0 amide bonds. The predicted octanol–water partition coefficient (Wildman–Crippen LogP) is 0.903. The minimum atomic E-state index is -1.22. The fraction of sp³-hybridized carbons (Fsp3) is 0.308. The van der Waals surface area contributed by atoms with E-state index in [2.05, 4.69) is 14.2 Å². The van der Waals surface area contributed by atoms with Gasteiger partial charge in [0, 0.05) is 0 Å². The SMILES string of the molecule is COC(=O)c1cccc(C(C(=O)OC)C(=O)OC)c1. The summed E-state index contributed by atoms with van der Waals surface area (Å²) in [4.78, 5) is 34.7. The molecule has 0 N–H and O–H groups in total. The molecule has 102 valence electrons. The standard InChI is InChI=1S/C13H14O6/c1-17-11(14)9-6-4-5-8(7-9)10(12(15)18-2)13(16)19-3/h4-7,10H,1-3H3. The fourth-order valence-electron chi connectivity index (χ4n) is 1.57. The average molecular weight is 266 g/mol. The van der Waals surface area contributed by atoms with Crippen molar-refractivity contribution in [3.63, 3.8) is 0 Å². The van der Waals surface area contributed by atoms with E-state index in [0.717, 1.165) is 0 Å². The Morgan fingerprint density at radius 2 is 1.53 bits per heavy atom. The topological polar surface area (TPSA) is 78.9 Å². The molecule has 6 nitrogen and oxygen atoms in total. The molecule has 1 aromatic carbocycles. The van der Waals surface area contributed by atoms with Gasteiger partial charge in [-0.15, -0.1) is 0 Å². The lowest BCUT2D eigenvalue weighted by molar-refractivity contribution is -0.154. The number of rotatable bonds is 4. The Kier molecular flexibility index (Phi) is 5.05. The van der Waals surface area contributed by atoms with Crippen LogP contribution in [0.2, 0.25) is 0 Å². The molecule has 0 saturated carbocycles. The van der Waals surface area contributed by atoms with E-state index in [-0.39, 0.29) is 5.56 Å². The van der Waals surface area contributed by atoms with Gasteiger partial charge >= 0.3 is 17.9 Å². The fourth-order valence-corrected chi connectivity index (χ4v) is 1.57. The van der Waals surface area contributed by atoms with Gasteiger partial charge in [-0.3, -0.25) is 9.59 Å². The molecule has 0 aliphatic rings. The number of hydrogen-bond acceptors (Lipinski definition) is 6. The van der Waals surface area contributed by atoms with Crippen molar-refractivity contribution in [1.29, 1.82) is 0 Å². The van der Waals surface area contributed by atoms with E-state index in [4.69, 9.17) is 0 Å². The molecule has 0 fully saturated rings. The van der Waals surface area contributed by atoms with Crippen LogP contribution < -0.4 is 0 Å². The van der Waals surface area contributed by atoms with Crippen molar-refractivity contribution in [1.82, 2.24) is 0 Å². The minimum Gasteiger partial charge on any atom is -0.468 e. The maximum atomic E-state index is 11.6. The number of ether oxygens (including phenoxy) is 3. The average Bonchev–Trinajstić information content (AvgIpc) is 2.46. The normalized spacial score (nSPS) is 9.89. The van der Waals surface area contributed by atoms with Crippen LogP contribution in [0, 0.1) is 0 Å². The van der Waals surface area contributed by atoms with Crippen molar-refractivity contribution in [3.05, 3.63) is 35.4 Å². The highest BCUT2D eigenvalue weighted by atomic mass is 16.5. The number of methoxy groups -OCH3 is 3. The largest absolute Gasteiger partial charge is 0.468 e. The molecule has 0 atom stereocenters. The number of hydrogen-bond donors (Lipinski definition) is 0. The summed E-state index contributed by atoms with van der Waals surface area (Å²) >= 11 is 0. The van der Waals surface area contributed by atoms with Gasteiger partial charge in [-0.2, -0.15) is 0 Å². The van der Waals surface area contributed by atoms with E-state index in [9.17, 15) is 14.4 Å². The molecular weight excluding hydrogens is 252 g/mol. The molecule has 0 aromatic heterocycles. The van der Waals surface area contributed by atoms with Gasteiger partial charge in [-0.25, -0.2) is 4.79 Å². The van der Waals surface area contributed by atoms with Crippen LogP contribution in [0.4, 0.5) is 0 Å². The van der Waals surface area contributed by atoms with Gasteiger partial charge in [0.2, 0.25) is 0 Å². The summed E-state index contributed by atoms with van der Waals surface area (Å²) in [5, 5.41) is 0. The van der Waals surface area contributed by atoms with Crippen LogP contribution in [-0.2, 0) is 23.8 Å². The molecule has 0 bridgehead atoms. The lowest BCUT2D eigenvalue weighted by Gasteiger charge is -2.13. The number of benzene rings is 1. The molecule has 0 radical (unpaired) electrons. The van der Waals surface area contributed by atoms with E-state index >= 15 is 0 Å². The molecule has 0 aliphatic heterocycles. The summed E-state index contributed by atoms with van der Waals surface area (Å²) in [5.74, 6) is -3.29. The summed E-state index contributed by atoms with van der Waals surface area (Å²) in [5.41, 5.74) is 0.541. The second-order valence-corrected chi connectivity index (χ2v) is 3.60. The first-order chi connectivity index (χ1) is 9.04. The second kappa shape index (κ2) is 6.53. The van der Waals surface area contributed by atoms with E-state index < -0.39 is 23.8 Å². The molecule has 19 heavy (non-hydrogen) atoms. The number of carbonyl (C=O) groups is 3. The van der Waals surface area contributed by atoms with Crippen LogP contribution in [-0.4, -0.2) is 39.2 Å². The van der Waals surface area contributed by atoms with Crippen molar-refractivity contribution in [3.8, 4) is 0 Å². The third-order valence-corrected chi connectivity index (χ3v) is 2.51. The summed E-state index contributed by atoms with van der Waals surface area (Å²) in [6, 6.07) is 5.98. The summed E-state index contributed by atoms with van der Waals surface area (Å²) in [7, 11) is 3.58. The van der Waals surface area contributed by atoms with E-state index in [1.165, 1.54) is 39.5 Å². The molecule has 0 saturated heterocycles. The first-order valence-electron chi connectivity index (χ1n) is 5.39. The van der Waals surface area contributed by atoms with Crippen LogP contribution in [0.25, 0.3) is 0 Å². The van der Waals surface area contributed by atoms with Crippen molar-refractivity contribution in [2.24, 2.45) is 0 Å². The molecule has 0 heterocycles. The van der Waals surface area contributed by atoms with Crippen LogP contribution in [0.15, 0.2) is 24.3 Å². The van der Waals surface area contributed by atoms with Crippen LogP contribution in [0.5, 0.6) is 0 Å². The first kappa shape index (κ1) is 14.7. The van der Waals surface area contributed by atoms with Gasteiger partial charge in [0.25, 0.3) is 0 Å². The van der Waals surface area contributed by atoms with Crippen LogP contribution in [0.1, 0.15) is 21.8 Å². The Balaban J connectivity index is 3.19. The Morgan fingerprint density at radius 3 is 2.00 bits per heavy atom. The molecule has 0 spiro atoms. The third kappa shape index (κ3) is 3.31. The van der Waals surface area contributed by atoms with Crippen molar-refractivity contribution in [2.75, 3.05) is 21.3 Å². The van der Waals surface area contributed by atoms with Gasteiger partial charge in [0.1, 0.15) is 0 Å². The van der Waals surface area contributed by atoms with Gasteiger partial charge in [0.15, 0.2) is 5.92 Å². The Morgan fingerprint density at radius 1 is 0.947 bits per heavy atom. The lowest BCUT2D eigenvalue weighted by Crippen LogP contribution is -2.24. The zero-order chi connectivity index (χ0) is 14.4. The molecule has 0 aliphatic carbocycles. The van der Waals surface area contributed by atoms with E-state index in [1.807, 2.05) is 0 Å². The molecule has 0 unspecified atom stereocenters. The second-order valence-electron chi connectivity index (χ2n) is 3.60. The third-order valence-electron chi connectivity index (χ3n) is 2.51. The number of esters is 3. The van der Waals surface area contributed by atoms with E-state index in [0.29, 0.717) is 5.56 Å². The predicted molar refractivity (Wildman–Crippen MR) is 64.6 cm³/mol. The zero-order valence-corrected chi connectivity index (χ0v) is 10.8. The van der Waals surface area contributed by atoms with Crippen LogP contribution >= 0.6 is 0 Å². The van der Waals surface area contributed by atoms with Gasteiger partial charge in [0.05, 0.1) is 26.9 Å². The highest BCUT2D eigenvalue weighted by Gasteiger charge is 2.31. The monoisotopic (exact) mass is 266 g/mol. The van der Waals surface area contributed by atoms with Crippen LogP contribution in [0.3, 0.4) is 0 Å². The van der Waals surface area contributed by atoms with Gasteiger partial charge < -0.3 is 14.2 Å². The zero-order valence-electron chi connectivity index (χ0n) is 10.8. The number of carbonyl (C=O) groups excluding carboxylic acids is 3. The first-order valence-corrected chi connectivity index (χ1v) is 5.39. The quantitative estimate of drug-likeness (QED) is 0.457. The molecule has 6 heteroatoms. The summed E-state index contributed by atoms with van der Waals surface area (Å²) in [6.07, 6.45) is 0. The lowest BCUT2D eigenvalue weighted by atomic mass is 9.97. The van der Waals surface area contributed by atoms with E-state index in [1.54, 1.807) is 6.07 Å². The Hall–Kier alpha value is -2.37.